The lowest BCUT2D eigenvalue weighted by Crippen LogP contribution is -2.22. The number of hydrogen-bond acceptors (Lipinski definition) is 2. The standard InChI is InChI=1S/C10H19NO2/c11-9-5-3-1-2-4-8(6-7-9)10(12)13/h8-9H,1-7,11H2,(H,12,13). The molecule has 0 aromatic carbocycles. The van der Waals surface area contributed by atoms with Gasteiger partial charge in [-0.3, -0.25) is 4.79 Å². The lowest BCUT2D eigenvalue weighted by atomic mass is 9.96. The summed E-state index contributed by atoms with van der Waals surface area (Å²) in [6, 6.07) is 0.222. The topological polar surface area (TPSA) is 63.3 Å². The van der Waals surface area contributed by atoms with Gasteiger partial charge in [-0.05, 0) is 25.7 Å². The minimum absolute atomic E-state index is 0.149. The molecule has 0 aliphatic heterocycles. The predicted octanol–water partition coefficient (Wildman–Crippen LogP) is 1.76. The first-order chi connectivity index (χ1) is 6.20. The Morgan fingerprint density at radius 2 is 1.77 bits per heavy atom. The van der Waals surface area contributed by atoms with Crippen molar-refractivity contribution >= 4 is 5.97 Å². The number of hydrogen-bond donors (Lipinski definition) is 2. The lowest BCUT2D eigenvalue weighted by Gasteiger charge is -2.12. The van der Waals surface area contributed by atoms with Gasteiger partial charge in [0.2, 0.25) is 0 Å². The third-order valence-electron chi connectivity index (χ3n) is 2.86. The zero-order valence-electron chi connectivity index (χ0n) is 8.04. The van der Waals surface area contributed by atoms with Crippen LogP contribution in [0.1, 0.15) is 44.9 Å². The summed E-state index contributed by atoms with van der Waals surface area (Å²) in [5.74, 6) is -0.793. The highest BCUT2D eigenvalue weighted by atomic mass is 16.4. The Labute approximate surface area is 79.3 Å². The van der Waals surface area contributed by atoms with Crippen LogP contribution >= 0.6 is 0 Å². The maximum Gasteiger partial charge on any atom is 0.306 e. The second-order valence-corrected chi connectivity index (χ2v) is 4.01. The molecule has 0 saturated heterocycles. The Hall–Kier alpha value is -0.570. The quantitative estimate of drug-likeness (QED) is 0.654. The van der Waals surface area contributed by atoms with Crippen molar-refractivity contribution in [3.05, 3.63) is 0 Å². The highest BCUT2D eigenvalue weighted by molar-refractivity contribution is 5.69. The molecule has 1 rings (SSSR count). The second kappa shape index (κ2) is 5.22. The summed E-state index contributed by atoms with van der Waals surface area (Å²) in [4.78, 5) is 10.8. The summed E-state index contributed by atoms with van der Waals surface area (Å²) in [6.07, 6.45) is 6.87. The SMILES string of the molecule is NC1CCCCCC(C(=O)O)CC1. The predicted molar refractivity (Wildman–Crippen MR) is 51.4 cm³/mol. The normalized spacial score (nSPS) is 31.5. The third kappa shape index (κ3) is 3.77. The molecule has 1 aliphatic carbocycles. The van der Waals surface area contributed by atoms with Crippen molar-refractivity contribution in [2.45, 2.75) is 51.0 Å². The van der Waals surface area contributed by atoms with Crippen molar-refractivity contribution in [3.8, 4) is 0 Å². The molecule has 0 aromatic rings. The molecule has 0 bridgehead atoms. The molecule has 13 heavy (non-hydrogen) atoms. The van der Waals surface area contributed by atoms with E-state index >= 15 is 0 Å². The van der Waals surface area contributed by atoms with E-state index in [1.807, 2.05) is 0 Å². The Kier molecular flexibility index (Phi) is 4.22. The molecule has 0 radical (unpaired) electrons. The van der Waals surface area contributed by atoms with E-state index in [2.05, 4.69) is 0 Å². The summed E-state index contributed by atoms with van der Waals surface area (Å²) in [7, 11) is 0. The average Bonchev–Trinajstić information content (AvgIpc) is 2.17. The minimum atomic E-state index is -0.644. The van der Waals surface area contributed by atoms with Gasteiger partial charge in [0, 0.05) is 6.04 Å². The molecule has 3 N–H and O–H groups in total. The van der Waals surface area contributed by atoms with E-state index in [0.717, 1.165) is 44.9 Å². The van der Waals surface area contributed by atoms with E-state index in [1.54, 1.807) is 0 Å². The average molecular weight is 185 g/mol. The molecule has 2 atom stereocenters. The van der Waals surface area contributed by atoms with Gasteiger partial charge in [0.15, 0.2) is 0 Å². The zero-order chi connectivity index (χ0) is 9.68. The largest absolute Gasteiger partial charge is 0.481 e. The molecule has 0 amide bonds. The number of aliphatic carboxylic acids is 1. The monoisotopic (exact) mass is 185 g/mol. The van der Waals surface area contributed by atoms with Gasteiger partial charge in [-0.15, -0.1) is 0 Å². The minimum Gasteiger partial charge on any atom is -0.481 e. The summed E-state index contributed by atoms with van der Waals surface area (Å²) in [5.41, 5.74) is 5.84. The Balaban J connectivity index is 2.42. The Bertz CT molecular complexity index is 170. The summed E-state index contributed by atoms with van der Waals surface area (Å²) < 4.78 is 0. The van der Waals surface area contributed by atoms with Crippen LogP contribution in [0.5, 0.6) is 0 Å². The maximum absolute atomic E-state index is 10.8. The smallest absolute Gasteiger partial charge is 0.306 e. The molecule has 1 fully saturated rings. The van der Waals surface area contributed by atoms with Crippen LogP contribution in [0.15, 0.2) is 0 Å². The molecule has 3 nitrogen and oxygen atoms in total. The molecule has 3 heteroatoms. The molecule has 2 unspecified atom stereocenters. The lowest BCUT2D eigenvalue weighted by molar-refractivity contribution is -0.142. The van der Waals surface area contributed by atoms with Gasteiger partial charge in [0.25, 0.3) is 0 Å². The molecule has 1 saturated carbocycles. The number of rotatable bonds is 1. The van der Waals surface area contributed by atoms with E-state index in [0.29, 0.717) is 0 Å². The molecule has 0 spiro atoms. The molecule has 76 valence electrons. The van der Waals surface area contributed by atoms with Crippen LogP contribution in [0, 0.1) is 5.92 Å². The summed E-state index contributed by atoms with van der Waals surface area (Å²) >= 11 is 0. The second-order valence-electron chi connectivity index (χ2n) is 4.01. The van der Waals surface area contributed by atoms with Gasteiger partial charge in [-0.1, -0.05) is 19.3 Å². The first-order valence-electron chi connectivity index (χ1n) is 5.18. The number of carbonyl (C=O) groups is 1. The first-order valence-corrected chi connectivity index (χ1v) is 5.18. The summed E-state index contributed by atoms with van der Waals surface area (Å²) in [6.45, 7) is 0. The van der Waals surface area contributed by atoms with Gasteiger partial charge < -0.3 is 10.8 Å². The van der Waals surface area contributed by atoms with Crippen molar-refractivity contribution < 1.29 is 9.90 Å². The van der Waals surface area contributed by atoms with E-state index in [-0.39, 0.29) is 12.0 Å². The van der Waals surface area contributed by atoms with E-state index in [9.17, 15) is 4.79 Å². The van der Waals surface area contributed by atoms with Crippen molar-refractivity contribution in [1.29, 1.82) is 0 Å². The third-order valence-corrected chi connectivity index (χ3v) is 2.86. The molecule has 0 aromatic heterocycles. The molecular weight excluding hydrogens is 166 g/mol. The highest BCUT2D eigenvalue weighted by Gasteiger charge is 2.19. The first kappa shape index (κ1) is 10.5. The van der Waals surface area contributed by atoms with Crippen LogP contribution in [0.4, 0.5) is 0 Å². The van der Waals surface area contributed by atoms with Crippen LogP contribution in [0.3, 0.4) is 0 Å². The molecular formula is C10H19NO2. The van der Waals surface area contributed by atoms with Gasteiger partial charge in [-0.2, -0.15) is 0 Å². The van der Waals surface area contributed by atoms with E-state index < -0.39 is 5.97 Å². The van der Waals surface area contributed by atoms with Crippen molar-refractivity contribution in [2.24, 2.45) is 11.7 Å². The van der Waals surface area contributed by atoms with Gasteiger partial charge >= 0.3 is 5.97 Å². The van der Waals surface area contributed by atoms with Crippen molar-refractivity contribution in [3.63, 3.8) is 0 Å². The van der Waals surface area contributed by atoms with Crippen molar-refractivity contribution in [1.82, 2.24) is 0 Å². The maximum atomic E-state index is 10.8. The molecule has 1 aliphatic rings. The van der Waals surface area contributed by atoms with Crippen LogP contribution in [0.2, 0.25) is 0 Å². The van der Waals surface area contributed by atoms with Crippen LogP contribution in [-0.4, -0.2) is 17.1 Å². The fraction of sp³-hybridized carbons (Fsp3) is 0.900. The Morgan fingerprint density at radius 1 is 1.08 bits per heavy atom. The van der Waals surface area contributed by atoms with Crippen LogP contribution in [-0.2, 0) is 4.79 Å². The fourth-order valence-corrected chi connectivity index (χ4v) is 1.92. The van der Waals surface area contributed by atoms with E-state index in [4.69, 9.17) is 10.8 Å². The number of nitrogens with two attached hydrogens (primary N) is 1. The van der Waals surface area contributed by atoms with Crippen molar-refractivity contribution in [2.75, 3.05) is 0 Å². The Morgan fingerprint density at radius 3 is 2.46 bits per heavy atom. The zero-order valence-corrected chi connectivity index (χ0v) is 8.04. The summed E-state index contributed by atoms with van der Waals surface area (Å²) in [5, 5.41) is 8.89. The molecule has 0 heterocycles. The highest BCUT2D eigenvalue weighted by Crippen LogP contribution is 2.21. The van der Waals surface area contributed by atoms with Gasteiger partial charge in [0.1, 0.15) is 0 Å². The fourth-order valence-electron chi connectivity index (χ4n) is 1.92. The van der Waals surface area contributed by atoms with Gasteiger partial charge in [0.05, 0.1) is 5.92 Å². The number of carboxylic acid groups (broad SMARTS) is 1. The van der Waals surface area contributed by atoms with E-state index in [1.165, 1.54) is 0 Å². The number of carboxylic acids is 1. The van der Waals surface area contributed by atoms with Gasteiger partial charge in [-0.25, -0.2) is 0 Å². The van der Waals surface area contributed by atoms with Crippen LogP contribution in [0.25, 0.3) is 0 Å². The van der Waals surface area contributed by atoms with Crippen LogP contribution < -0.4 is 5.73 Å².